The summed E-state index contributed by atoms with van der Waals surface area (Å²) in [7, 11) is -0.818. The van der Waals surface area contributed by atoms with Gasteiger partial charge in [0, 0.05) is 11.3 Å². The summed E-state index contributed by atoms with van der Waals surface area (Å²) < 4.78 is 122. The summed E-state index contributed by atoms with van der Waals surface area (Å²) in [6, 6.07) is 43.1. The molecule has 0 atom stereocenters. The van der Waals surface area contributed by atoms with Gasteiger partial charge < -0.3 is 25.3 Å². The van der Waals surface area contributed by atoms with Gasteiger partial charge in [-0.1, -0.05) is 131 Å². The van der Waals surface area contributed by atoms with E-state index in [2.05, 4.69) is 198 Å². The summed E-state index contributed by atoms with van der Waals surface area (Å²) in [6.07, 6.45) is 17.4. The van der Waals surface area contributed by atoms with Crippen LogP contribution in [0.1, 0.15) is 0 Å². The van der Waals surface area contributed by atoms with Gasteiger partial charge in [-0.3, -0.25) is 0 Å². The third kappa shape index (κ3) is 13.6. The predicted molar refractivity (Wildman–Crippen MR) is 223 cm³/mol. The summed E-state index contributed by atoms with van der Waals surface area (Å²) in [4.78, 5) is -2.57. The van der Waals surface area contributed by atoms with Gasteiger partial charge in [-0.15, -0.1) is 0 Å². The topological polar surface area (TPSA) is 0 Å². The van der Waals surface area contributed by atoms with Crippen molar-refractivity contribution in [2.75, 3.05) is 0 Å². The van der Waals surface area contributed by atoms with Gasteiger partial charge in [-0.2, -0.15) is 0 Å². The molecular formula is C46H28F10FeP2PdS2+2. The van der Waals surface area contributed by atoms with Gasteiger partial charge in [0.1, 0.15) is 23.3 Å². The van der Waals surface area contributed by atoms with Crippen molar-refractivity contribution in [1.29, 1.82) is 0 Å². The molecule has 0 bridgehead atoms. The van der Waals surface area contributed by atoms with Crippen molar-refractivity contribution < 1.29 is 81.4 Å². The Morgan fingerprint density at radius 2 is 0.468 bits per heavy atom. The number of halogens is 10. The molecule has 6 aromatic carbocycles. The van der Waals surface area contributed by atoms with Crippen LogP contribution in [0, 0.1) is 121 Å². The standard InChI is InChI=1S/2C17H14P.2C6HF5S.Fe.Pd/c2*1-3-9-15(10-4-1)18(17-13-7-8-14-17)16-11-5-2-6-12-16;2*7-1-2(8)4(10)6(12)5(11)3(1)9;;/h2*1-14H;2*12H;;/q;;;;2*+2/p-2. The number of hydrogen-bond donors (Lipinski definition) is 0. The summed E-state index contributed by atoms with van der Waals surface area (Å²) in [5.74, 6) is -20.3. The zero-order chi connectivity index (χ0) is 43.3. The summed E-state index contributed by atoms with van der Waals surface area (Å²) >= 11 is 7.86. The molecule has 16 heteroatoms. The van der Waals surface area contributed by atoms with Gasteiger partial charge in [0.05, 0.1) is 0 Å². The first-order valence-corrected chi connectivity index (χ1v) is 20.9. The molecule has 10 radical (unpaired) electrons. The first kappa shape index (κ1) is 53.4. The minimum absolute atomic E-state index is 0. The van der Waals surface area contributed by atoms with Gasteiger partial charge in [0.15, 0.2) is 34.9 Å². The van der Waals surface area contributed by atoms with Gasteiger partial charge in [0.2, 0.25) is 0 Å². The van der Waals surface area contributed by atoms with Crippen molar-refractivity contribution in [2.45, 2.75) is 9.79 Å². The second kappa shape index (κ2) is 26.2. The molecule has 8 rings (SSSR count). The molecule has 0 aliphatic heterocycles. The maximum absolute atomic E-state index is 12.3. The van der Waals surface area contributed by atoms with E-state index < -0.39 is 83.8 Å². The van der Waals surface area contributed by atoms with Crippen LogP contribution in [-0.2, 0) is 62.7 Å². The maximum atomic E-state index is 12.3. The normalized spacial score (nSPS) is 13.5. The quantitative estimate of drug-likeness (QED) is 0.0407. The molecule has 0 unspecified atom stereocenters. The molecule has 0 spiro atoms. The molecule has 2 fully saturated rings. The molecule has 2 saturated carbocycles. The monoisotopic (exact) mass is 1060 g/mol. The molecule has 6 aromatic rings. The van der Waals surface area contributed by atoms with E-state index in [0.717, 1.165) is 0 Å². The average Bonchev–Trinajstić information content (AvgIpc) is 4.04. The largest absolute Gasteiger partial charge is 2.00 e. The third-order valence-corrected chi connectivity index (χ3v) is 13.8. The van der Waals surface area contributed by atoms with E-state index >= 15 is 0 Å². The molecule has 0 N–H and O–H groups in total. The van der Waals surface area contributed by atoms with Gasteiger partial charge in [-0.05, 0) is 88.4 Å². The Balaban J connectivity index is 0.000000222. The van der Waals surface area contributed by atoms with Crippen LogP contribution in [-0.4, -0.2) is 0 Å². The molecule has 0 saturated heterocycles. The predicted octanol–water partition coefficient (Wildman–Crippen LogP) is 11.5. The minimum Gasteiger partial charge on any atom is -0.774 e. The van der Waals surface area contributed by atoms with E-state index in [1.807, 2.05) is 0 Å². The van der Waals surface area contributed by atoms with Crippen LogP contribution in [0.25, 0.3) is 0 Å². The Bertz CT molecular complexity index is 1840. The van der Waals surface area contributed by atoms with E-state index in [9.17, 15) is 43.9 Å². The zero-order valence-electron chi connectivity index (χ0n) is 31.3. The molecule has 0 nitrogen and oxygen atoms in total. The molecule has 0 amide bonds. The Kier molecular flexibility index (Phi) is 22.5. The van der Waals surface area contributed by atoms with Crippen molar-refractivity contribution in [3.63, 3.8) is 0 Å². The summed E-state index contributed by atoms with van der Waals surface area (Å²) in [6.45, 7) is 0. The van der Waals surface area contributed by atoms with Crippen molar-refractivity contribution >= 4 is 62.3 Å². The van der Waals surface area contributed by atoms with Crippen molar-refractivity contribution in [3.05, 3.63) is 242 Å². The second-order valence-electron chi connectivity index (χ2n) is 12.1. The fourth-order valence-corrected chi connectivity index (χ4v) is 10.4. The van der Waals surface area contributed by atoms with Crippen LogP contribution in [0.15, 0.2) is 131 Å². The molecular weight excluding hydrogens is 1030 g/mol. The first-order valence-electron chi connectivity index (χ1n) is 17.4. The fourth-order valence-electron chi connectivity index (χ4n) is 5.40. The molecule has 2 aliphatic carbocycles. The Hall–Kier alpha value is -2.90. The van der Waals surface area contributed by atoms with E-state index in [1.165, 1.54) is 32.5 Å². The average molecular weight is 1060 g/mol. The zero-order valence-corrected chi connectivity index (χ0v) is 37.4. The van der Waals surface area contributed by atoms with Gasteiger partial charge in [0.25, 0.3) is 0 Å². The van der Waals surface area contributed by atoms with E-state index in [0.29, 0.717) is 0 Å². The molecule has 0 aromatic heterocycles. The Morgan fingerprint density at radius 1 is 0.290 bits per heavy atom. The number of benzene rings is 6. The van der Waals surface area contributed by atoms with Crippen LogP contribution in [0.4, 0.5) is 43.9 Å². The molecule has 2 aliphatic rings. The van der Waals surface area contributed by atoms with Crippen LogP contribution in [0.3, 0.4) is 0 Å². The van der Waals surface area contributed by atoms with Crippen LogP contribution in [0.5, 0.6) is 0 Å². The van der Waals surface area contributed by atoms with Crippen molar-refractivity contribution in [1.82, 2.24) is 0 Å². The van der Waals surface area contributed by atoms with Crippen LogP contribution < -0.4 is 21.2 Å². The third-order valence-electron chi connectivity index (χ3n) is 8.20. The second-order valence-corrected chi connectivity index (χ2v) is 17.4. The summed E-state index contributed by atoms with van der Waals surface area (Å²) in [5.41, 5.74) is 2.84. The van der Waals surface area contributed by atoms with E-state index in [-0.39, 0.29) is 37.5 Å². The van der Waals surface area contributed by atoms with Gasteiger partial charge >= 0.3 is 37.5 Å². The molecule has 0 heterocycles. The SMILES string of the molecule is Fc1c(F)c(F)c([S-])c(F)c1F.Fc1c(F)c(F)c([S-])c(F)c1F.[CH]1[CH][CH][C](P(c2ccccc2)c2ccccc2)[CH]1.[CH]1[CH][CH][C](P(c2ccccc2)c2ccccc2)[CH]1.[Fe+2].[Pd+2]. The van der Waals surface area contributed by atoms with E-state index in [4.69, 9.17) is 0 Å². The minimum atomic E-state index is -2.20. The summed E-state index contributed by atoms with van der Waals surface area (Å²) in [5, 5.41) is 5.63. The molecule has 62 heavy (non-hydrogen) atoms. The number of rotatable bonds is 6. The van der Waals surface area contributed by atoms with Crippen LogP contribution in [0.2, 0.25) is 0 Å². The Morgan fingerprint density at radius 3 is 0.661 bits per heavy atom. The maximum Gasteiger partial charge on any atom is 2.00 e. The fraction of sp³-hybridized carbons (Fsp3) is 0. The molecule has 320 valence electrons. The van der Waals surface area contributed by atoms with Gasteiger partial charge in [-0.25, -0.2) is 43.9 Å². The number of hydrogen-bond acceptors (Lipinski definition) is 2. The smallest absolute Gasteiger partial charge is 0.774 e. The Labute approximate surface area is 393 Å². The van der Waals surface area contributed by atoms with Crippen molar-refractivity contribution in [3.8, 4) is 0 Å². The first-order chi connectivity index (χ1) is 28.8. The van der Waals surface area contributed by atoms with E-state index in [1.54, 1.807) is 0 Å². The van der Waals surface area contributed by atoms with Crippen molar-refractivity contribution in [2.24, 2.45) is 0 Å². The van der Waals surface area contributed by atoms with Crippen LogP contribution >= 0.6 is 15.8 Å².